The number of nitrogens with one attached hydrogen (secondary N) is 1. The maximum Gasteiger partial charge on any atom is 0.146 e. The molecule has 0 atom stereocenters. The Bertz CT molecular complexity index is 536. The first-order chi connectivity index (χ1) is 9.05. The number of pyridine rings is 1. The van der Waals surface area contributed by atoms with Crippen LogP contribution in [0.1, 0.15) is 31.9 Å². The average Bonchev–Trinajstić information content (AvgIpc) is 2.39. The molecule has 0 aliphatic carbocycles. The Morgan fingerprint density at radius 3 is 2.37 bits per heavy atom. The molecular formula is C16H19N3. The van der Waals surface area contributed by atoms with Crippen LogP contribution in [-0.2, 0) is 5.41 Å². The molecule has 98 valence electrons. The molecule has 1 aromatic carbocycles. The van der Waals surface area contributed by atoms with Crippen molar-refractivity contribution in [1.82, 2.24) is 4.98 Å². The molecule has 0 aliphatic rings. The van der Waals surface area contributed by atoms with Crippen LogP contribution in [0.3, 0.4) is 0 Å². The lowest BCUT2D eigenvalue weighted by Crippen LogP contribution is -2.10. The maximum absolute atomic E-state index is 4.17. The zero-order valence-electron chi connectivity index (χ0n) is 11.6. The molecule has 0 radical (unpaired) electrons. The Morgan fingerprint density at radius 1 is 1.05 bits per heavy atom. The van der Waals surface area contributed by atoms with Crippen LogP contribution in [0.5, 0.6) is 0 Å². The molecule has 0 fully saturated rings. The number of nitrogens with zero attached hydrogens (tertiary/aromatic N) is 2. The zero-order valence-corrected chi connectivity index (χ0v) is 11.6. The van der Waals surface area contributed by atoms with E-state index in [0.717, 1.165) is 11.4 Å². The van der Waals surface area contributed by atoms with Crippen molar-refractivity contribution < 1.29 is 0 Å². The molecular weight excluding hydrogens is 234 g/mol. The normalized spacial score (nSPS) is 11.7. The number of anilines is 1. The molecule has 2 aromatic rings. The van der Waals surface area contributed by atoms with Gasteiger partial charge in [-0.2, -0.15) is 5.10 Å². The molecule has 1 heterocycles. The molecule has 2 rings (SSSR count). The molecule has 0 unspecified atom stereocenters. The van der Waals surface area contributed by atoms with Crippen LogP contribution in [-0.4, -0.2) is 11.2 Å². The average molecular weight is 253 g/mol. The lowest BCUT2D eigenvalue weighted by Gasteiger charge is -2.18. The number of hydrazone groups is 1. The van der Waals surface area contributed by atoms with Crippen LogP contribution in [0.25, 0.3) is 0 Å². The molecule has 0 amide bonds. The van der Waals surface area contributed by atoms with Crippen molar-refractivity contribution in [3.63, 3.8) is 0 Å². The van der Waals surface area contributed by atoms with Crippen molar-refractivity contribution in [2.75, 3.05) is 5.43 Å². The van der Waals surface area contributed by atoms with E-state index in [9.17, 15) is 0 Å². The van der Waals surface area contributed by atoms with Gasteiger partial charge in [0.05, 0.1) is 6.21 Å². The van der Waals surface area contributed by atoms with Crippen LogP contribution >= 0.6 is 0 Å². The fourth-order valence-electron chi connectivity index (χ4n) is 1.67. The van der Waals surface area contributed by atoms with Crippen molar-refractivity contribution in [1.29, 1.82) is 0 Å². The van der Waals surface area contributed by atoms with Gasteiger partial charge in [-0.15, -0.1) is 0 Å². The highest BCUT2D eigenvalue weighted by Crippen LogP contribution is 2.21. The molecule has 0 spiro atoms. The van der Waals surface area contributed by atoms with E-state index in [-0.39, 0.29) is 5.41 Å². The predicted octanol–water partition coefficient (Wildman–Crippen LogP) is 3.83. The maximum atomic E-state index is 4.17. The Hall–Kier alpha value is -2.16. The van der Waals surface area contributed by atoms with E-state index in [4.69, 9.17) is 0 Å². The van der Waals surface area contributed by atoms with Gasteiger partial charge in [0.1, 0.15) is 5.82 Å². The highest BCUT2D eigenvalue weighted by molar-refractivity contribution is 5.80. The first kappa shape index (κ1) is 13.3. The number of rotatable bonds is 3. The Balaban J connectivity index is 2.00. The van der Waals surface area contributed by atoms with Crippen LogP contribution in [0.15, 0.2) is 53.8 Å². The van der Waals surface area contributed by atoms with E-state index in [1.165, 1.54) is 5.56 Å². The third-order valence-electron chi connectivity index (χ3n) is 2.83. The molecule has 3 heteroatoms. The van der Waals surface area contributed by atoms with Gasteiger partial charge in [0.25, 0.3) is 0 Å². The fourth-order valence-corrected chi connectivity index (χ4v) is 1.67. The molecule has 19 heavy (non-hydrogen) atoms. The summed E-state index contributed by atoms with van der Waals surface area (Å²) in [6.45, 7) is 6.62. The highest BCUT2D eigenvalue weighted by atomic mass is 15.3. The topological polar surface area (TPSA) is 37.3 Å². The third-order valence-corrected chi connectivity index (χ3v) is 2.83. The standard InChI is InChI=1S/C16H19N3/c1-16(2,3)14-9-7-13(8-10-14)12-18-19-15-6-4-5-11-17-15/h4-12H,1-3H3,(H,17,19)/b18-12+. The van der Waals surface area contributed by atoms with Crippen molar-refractivity contribution in [2.24, 2.45) is 5.10 Å². The molecule has 0 aliphatic heterocycles. The summed E-state index contributed by atoms with van der Waals surface area (Å²) < 4.78 is 0. The van der Waals surface area contributed by atoms with Gasteiger partial charge < -0.3 is 0 Å². The van der Waals surface area contributed by atoms with Crippen LogP contribution in [0.4, 0.5) is 5.82 Å². The van der Waals surface area contributed by atoms with Crippen LogP contribution in [0, 0.1) is 0 Å². The summed E-state index contributed by atoms with van der Waals surface area (Å²) in [7, 11) is 0. The summed E-state index contributed by atoms with van der Waals surface area (Å²) in [4.78, 5) is 4.13. The second-order valence-corrected chi connectivity index (χ2v) is 5.46. The molecule has 0 saturated carbocycles. The monoisotopic (exact) mass is 253 g/mol. The first-order valence-electron chi connectivity index (χ1n) is 6.36. The van der Waals surface area contributed by atoms with E-state index in [1.54, 1.807) is 12.4 Å². The minimum Gasteiger partial charge on any atom is -0.261 e. The van der Waals surface area contributed by atoms with Gasteiger partial charge in [-0.1, -0.05) is 51.1 Å². The zero-order chi connectivity index (χ0) is 13.7. The fraction of sp³-hybridized carbons (Fsp3) is 0.250. The SMILES string of the molecule is CC(C)(C)c1ccc(/C=N/Nc2ccccn2)cc1. The Labute approximate surface area is 114 Å². The first-order valence-corrected chi connectivity index (χ1v) is 6.36. The van der Waals surface area contributed by atoms with Gasteiger partial charge in [0.2, 0.25) is 0 Å². The minimum atomic E-state index is 0.182. The summed E-state index contributed by atoms with van der Waals surface area (Å²) in [6, 6.07) is 14.1. The highest BCUT2D eigenvalue weighted by Gasteiger charge is 2.12. The molecule has 0 saturated heterocycles. The van der Waals surface area contributed by atoms with E-state index in [1.807, 2.05) is 18.2 Å². The van der Waals surface area contributed by atoms with E-state index < -0.39 is 0 Å². The smallest absolute Gasteiger partial charge is 0.146 e. The van der Waals surface area contributed by atoms with Gasteiger partial charge in [0.15, 0.2) is 0 Å². The lowest BCUT2D eigenvalue weighted by molar-refractivity contribution is 0.590. The van der Waals surface area contributed by atoms with Crippen molar-refractivity contribution in [3.05, 3.63) is 59.8 Å². The van der Waals surface area contributed by atoms with Crippen LogP contribution in [0.2, 0.25) is 0 Å². The minimum absolute atomic E-state index is 0.182. The summed E-state index contributed by atoms with van der Waals surface area (Å²) in [5.74, 6) is 0.741. The van der Waals surface area contributed by atoms with E-state index >= 15 is 0 Å². The van der Waals surface area contributed by atoms with Gasteiger partial charge in [0, 0.05) is 6.20 Å². The molecule has 0 bridgehead atoms. The molecule has 1 N–H and O–H groups in total. The number of aromatic nitrogens is 1. The van der Waals surface area contributed by atoms with Gasteiger partial charge in [-0.05, 0) is 28.7 Å². The summed E-state index contributed by atoms with van der Waals surface area (Å²) in [5.41, 5.74) is 5.47. The Morgan fingerprint density at radius 2 is 1.79 bits per heavy atom. The van der Waals surface area contributed by atoms with E-state index in [0.29, 0.717) is 0 Å². The number of hydrogen-bond donors (Lipinski definition) is 1. The van der Waals surface area contributed by atoms with Gasteiger partial charge >= 0.3 is 0 Å². The number of hydrogen-bond acceptors (Lipinski definition) is 3. The largest absolute Gasteiger partial charge is 0.261 e. The second-order valence-electron chi connectivity index (χ2n) is 5.46. The van der Waals surface area contributed by atoms with Crippen LogP contribution < -0.4 is 5.43 Å². The van der Waals surface area contributed by atoms with Crippen molar-refractivity contribution in [2.45, 2.75) is 26.2 Å². The number of benzene rings is 1. The van der Waals surface area contributed by atoms with Crippen molar-refractivity contribution in [3.8, 4) is 0 Å². The lowest BCUT2D eigenvalue weighted by atomic mass is 9.87. The quantitative estimate of drug-likeness (QED) is 0.667. The summed E-state index contributed by atoms with van der Waals surface area (Å²) in [5, 5.41) is 4.17. The predicted molar refractivity (Wildman–Crippen MR) is 80.6 cm³/mol. The molecule has 3 nitrogen and oxygen atoms in total. The third kappa shape index (κ3) is 3.91. The van der Waals surface area contributed by atoms with Crippen molar-refractivity contribution >= 4 is 12.0 Å². The van der Waals surface area contributed by atoms with Gasteiger partial charge in [-0.3, -0.25) is 5.43 Å². The molecule has 1 aromatic heterocycles. The Kier molecular flexibility index (Phi) is 3.95. The van der Waals surface area contributed by atoms with E-state index in [2.05, 4.69) is 60.5 Å². The second kappa shape index (κ2) is 5.65. The summed E-state index contributed by atoms with van der Waals surface area (Å²) in [6.07, 6.45) is 3.52. The van der Waals surface area contributed by atoms with Gasteiger partial charge in [-0.25, -0.2) is 4.98 Å². The summed E-state index contributed by atoms with van der Waals surface area (Å²) >= 11 is 0.